The Morgan fingerprint density at radius 1 is 0.833 bits per heavy atom. The van der Waals surface area contributed by atoms with Gasteiger partial charge in [0.25, 0.3) is 11.8 Å². The van der Waals surface area contributed by atoms with E-state index in [9.17, 15) is 22.8 Å². The van der Waals surface area contributed by atoms with E-state index in [1.165, 1.54) is 18.2 Å². The van der Waals surface area contributed by atoms with Gasteiger partial charge in [0, 0.05) is 6.04 Å². The van der Waals surface area contributed by atoms with Crippen LogP contribution in [0.5, 0.6) is 0 Å². The van der Waals surface area contributed by atoms with Crippen LogP contribution in [0, 0.1) is 0 Å². The molecule has 2 amide bonds. The molecule has 3 aromatic rings. The van der Waals surface area contributed by atoms with Crippen LogP contribution in [0.15, 0.2) is 72.8 Å². The number of rotatable bonds is 4. The van der Waals surface area contributed by atoms with Gasteiger partial charge in [0.15, 0.2) is 0 Å². The highest BCUT2D eigenvalue weighted by Crippen LogP contribution is 2.39. The number of benzene rings is 3. The molecule has 0 radical (unpaired) electrons. The molecule has 1 heterocycles. The molecule has 0 spiro atoms. The molecule has 1 aliphatic rings. The molecule has 0 saturated carbocycles. The predicted octanol–water partition coefficient (Wildman–Crippen LogP) is 5.68. The summed E-state index contributed by atoms with van der Waals surface area (Å²) in [5, 5.41) is 3.14. The Bertz CT molecular complexity index is 1090. The minimum atomic E-state index is -4.61. The molecule has 0 bridgehead atoms. The third-order valence-corrected chi connectivity index (χ3v) is 5.03. The first-order valence-corrected chi connectivity index (χ1v) is 9.28. The second-order valence-electron chi connectivity index (χ2n) is 7.00. The smallest absolute Gasteiger partial charge is 0.377 e. The lowest BCUT2D eigenvalue weighted by molar-refractivity contribution is -0.137. The summed E-state index contributed by atoms with van der Waals surface area (Å²) >= 11 is 0. The third kappa shape index (κ3) is 3.43. The summed E-state index contributed by atoms with van der Waals surface area (Å²) in [7, 11) is 0. The Morgan fingerprint density at radius 2 is 1.40 bits per heavy atom. The van der Waals surface area contributed by atoms with Gasteiger partial charge in [-0.1, -0.05) is 42.5 Å². The molecule has 1 N–H and O–H groups in total. The Balaban J connectivity index is 1.79. The normalized spacial score (nSPS) is 14.6. The zero-order valence-corrected chi connectivity index (χ0v) is 15.9. The van der Waals surface area contributed by atoms with Crippen LogP contribution in [0.4, 0.5) is 24.5 Å². The minimum absolute atomic E-state index is 0.126. The van der Waals surface area contributed by atoms with Gasteiger partial charge in [-0.25, -0.2) is 4.90 Å². The highest BCUT2D eigenvalue weighted by molar-refractivity contribution is 6.35. The van der Waals surface area contributed by atoms with E-state index in [1.54, 1.807) is 12.1 Å². The Kier molecular flexibility index (Phi) is 4.81. The van der Waals surface area contributed by atoms with Crippen molar-refractivity contribution in [2.45, 2.75) is 19.1 Å². The Hall–Kier alpha value is -3.61. The van der Waals surface area contributed by atoms with Crippen molar-refractivity contribution in [1.29, 1.82) is 0 Å². The summed E-state index contributed by atoms with van der Waals surface area (Å²) in [4.78, 5) is 26.6. The fourth-order valence-electron chi connectivity index (χ4n) is 3.48. The molecule has 4 nitrogen and oxygen atoms in total. The van der Waals surface area contributed by atoms with Gasteiger partial charge in [0.1, 0.15) is 0 Å². The predicted molar refractivity (Wildman–Crippen MR) is 108 cm³/mol. The number of hydrogen-bond donors (Lipinski definition) is 1. The highest BCUT2D eigenvalue weighted by atomic mass is 19.4. The second kappa shape index (κ2) is 7.33. The first kappa shape index (κ1) is 19.7. The summed E-state index contributed by atoms with van der Waals surface area (Å²) in [5.74, 6) is -1.30. The van der Waals surface area contributed by atoms with Crippen molar-refractivity contribution < 1.29 is 22.8 Å². The number of amides is 2. The van der Waals surface area contributed by atoms with E-state index >= 15 is 0 Å². The molecule has 152 valence electrons. The number of imide groups is 1. The Labute approximate surface area is 170 Å². The SMILES string of the molecule is CC(Nc1ccc(C(F)(F)F)cc1N1C(=O)c2ccccc2C1=O)c1ccccc1. The van der Waals surface area contributed by atoms with Gasteiger partial charge in [-0.2, -0.15) is 13.2 Å². The average Bonchev–Trinajstić information content (AvgIpc) is 2.99. The van der Waals surface area contributed by atoms with E-state index in [0.29, 0.717) is 0 Å². The molecule has 1 atom stereocenters. The van der Waals surface area contributed by atoms with Gasteiger partial charge in [0.05, 0.1) is 28.1 Å². The molecule has 1 unspecified atom stereocenters. The van der Waals surface area contributed by atoms with Crippen molar-refractivity contribution in [3.8, 4) is 0 Å². The fraction of sp³-hybridized carbons (Fsp3) is 0.130. The number of alkyl halides is 3. The summed E-state index contributed by atoms with van der Waals surface area (Å²) in [5.41, 5.74) is 0.439. The van der Waals surface area contributed by atoms with E-state index < -0.39 is 23.6 Å². The number of carbonyl (C=O) groups is 2. The minimum Gasteiger partial charge on any atom is -0.377 e. The molecule has 4 rings (SSSR count). The zero-order valence-electron chi connectivity index (χ0n) is 15.9. The molecule has 0 saturated heterocycles. The standard InChI is InChI=1S/C23H17F3N2O2/c1-14(15-7-3-2-4-8-15)27-19-12-11-16(23(24,25)26)13-20(19)28-21(29)17-9-5-6-10-18(17)22(28)30/h2-14,27H,1H3. The van der Waals surface area contributed by atoms with Crippen LogP contribution in [0.3, 0.4) is 0 Å². The molecule has 0 fully saturated rings. The lowest BCUT2D eigenvalue weighted by Crippen LogP contribution is -2.30. The van der Waals surface area contributed by atoms with Gasteiger partial charge < -0.3 is 5.32 Å². The van der Waals surface area contributed by atoms with E-state index in [0.717, 1.165) is 22.6 Å². The zero-order chi connectivity index (χ0) is 21.5. The van der Waals surface area contributed by atoms with Gasteiger partial charge in [-0.15, -0.1) is 0 Å². The van der Waals surface area contributed by atoms with Crippen molar-refractivity contribution >= 4 is 23.2 Å². The van der Waals surface area contributed by atoms with E-state index in [2.05, 4.69) is 5.32 Å². The van der Waals surface area contributed by atoms with Crippen LogP contribution in [-0.4, -0.2) is 11.8 Å². The summed E-state index contributed by atoms with van der Waals surface area (Å²) in [6, 6.07) is 18.3. The molecule has 7 heteroatoms. The molecule has 0 aliphatic carbocycles. The first-order chi connectivity index (χ1) is 14.3. The molecule has 0 aromatic heterocycles. The van der Waals surface area contributed by atoms with Crippen molar-refractivity contribution in [2.75, 3.05) is 10.2 Å². The number of nitrogens with one attached hydrogen (secondary N) is 1. The number of fused-ring (bicyclic) bond motifs is 1. The maximum Gasteiger partial charge on any atom is 0.416 e. The van der Waals surface area contributed by atoms with Crippen LogP contribution >= 0.6 is 0 Å². The third-order valence-electron chi connectivity index (χ3n) is 5.03. The highest BCUT2D eigenvalue weighted by Gasteiger charge is 2.39. The topological polar surface area (TPSA) is 49.4 Å². The second-order valence-corrected chi connectivity index (χ2v) is 7.00. The summed E-state index contributed by atoms with van der Waals surface area (Å²) in [6.07, 6.45) is -4.61. The average molecular weight is 410 g/mol. The van der Waals surface area contributed by atoms with Gasteiger partial charge >= 0.3 is 6.18 Å². The van der Waals surface area contributed by atoms with Gasteiger partial charge in [0.2, 0.25) is 0 Å². The molecule has 30 heavy (non-hydrogen) atoms. The number of hydrogen-bond acceptors (Lipinski definition) is 3. The van der Waals surface area contributed by atoms with Crippen molar-refractivity contribution in [3.63, 3.8) is 0 Å². The summed E-state index contributed by atoms with van der Waals surface area (Å²) in [6.45, 7) is 1.85. The molecule has 1 aliphatic heterocycles. The fourth-order valence-corrected chi connectivity index (χ4v) is 3.48. The van der Waals surface area contributed by atoms with Crippen molar-refractivity contribution in [2.24, 2.45) is 0 Å². The lowest BCUT2D eigenvalue weighted by Gasteiger charge is -2.23. The van der Waals surface area contributed by atoms with Gasteiger partial charge in [-0.3, -0.25) is 9.59 Å². The van der Waals surface area contributed by atoms with E-state index in [4.69, 9.17) is 0 Å². The van der Waals surface area contributed by atoms with E-state index in [-0.39, 0.29) is 28.5 Å². The number of nitrogens with zero attached hydrogens (tertiary/aromatic N) is 1. The van der Waals surface area contributed by atoms with Crippen LogP contribution in [-0.2, 0) is 6.18 Å². The quantitative estimate of drug-likeness (QED) is 0.563. The maximum atomic E-state index is 13.4. The largest absolute Gasteiger partial charge is 0.416 e. The van der Waals surface area contributed by atoms with Crippen LogP contribution in [0.25, 0.3) is 0 Å². The van der Waals surface area contributed by atoms with Crippen LogP contribution < -0.4 is 10.2 Å². The van der Waals surface area contributed by atoms with E-state index in [1.807, 2.05) is 37.3 Å². The molecular weight excluding hydrogens is 393 g/mol. The number of carbonyl (C=O) groups excluding carboxylic acids is 2. The van der Waals surface area contributed by atoms with Crippen molar-refractivity contribution in [3.05, 3.63) is 95.1 Å². The lowest BCUT2D eigenvalue weighted by atomic mass is 10.1. The van der Waals surface area contributed by atoms with Gasteiger partial charge in [-0.05, 0) is 42.8 Å². The maximum absolute atomic E-state index is 13.4. The molecule has 3 aromatic carbocycles. The Morgan fingerprint density at radius 3 is 1.97 bits per heavy atom. The number of halogens is 3. The molecular formula is C23H17F3N2O2. The summed E-state index contributed by atoms with van der Waals surface area (Å²) < 4.78 is 40.1. The first-order valence-electron chi connectivity index (χ1n) is 9.28. The van der Waals surface area contributed by atoms with Crippen molar-refractivity contribution in [1.82, 2.24) is 0 Å². The monoisotopic (exact) mass is 410 g/mol. The van der Waals surface area contributed by atoms with Crippen LogP contribution in [0.1, 0.15) is 44.8 Å². The van der Waals surface area contributed by atoms with Crippen LogP contribution in [0.2, 0.25) is 0 Å². The number of anilines is 2.